The molecule has 192 valence electrons. The number of rotatable bonds is 4. The predicted molar refractivity (Wildman–Crippen MR) is 144 cm³/mol. The van der Waals surface area contributed by atoms with E-state index < -0.39 is 11.7 Å². The van der Waals surface area contributed by atoms with Gasteiger partial charge in [0.1, 0.15) is 11.6 Å². The van der Waals surface area contributed by atoms with Crippen molar-refractivity contribution in [1.29, 1.82) is 0 Å². The standard InChI is InChI=1S/C30H30ClFN2O3/c1-19-11-12-30(17-19)13-14-34(26-6-4-3-5-21(26)18-30)29(36)20-7-10-25(27(15-20)37-2)33-28(35)23-16-22(32)8-9-24(23)31/h3-10,15-16,19H,11-14,17-18H2,1-2H3,(H,33,35)/t19?,30-/m1/s1. The molecule has 5 nitrogen and oxygen atoms in total. The lowest BCUT2D eigenvalue weighted by Crippen LogP contribution is -2.33. The molecule has 1 fully saturated rings. The maximum Gasteiger partial charge on any atom is 0.258 e. The summed E-state index contributed by atoms with van der Waals surface area (Å²) in [5.41, 5.74) is 3.25. The first kappa shape index (κ1) is 25.3. The molecule has 0 radical (unpaired) electrons. The van der Waals surface area contributed by atoms with Crippen LogP contribution < -0.4 is 15.0 Å². The zero-order valence-corrected chi connectivity index (χ0v) is 21.8. The van der Waals surface area contributed by atoms with Gasteiger partial charge in [0.25, 0.3) is 11.8 Å². The van der Waals surface area contributed by atoms with Gasteiger partial charge in [-0.1, -0.05) is 43.1 Å². The fourth-order valence-corrected chi connectivity index (χ4v) is 6.13. The number of benzene rings is 3. The molecule has 7 heteroatoms. The van der Waals surface area contributed by atoms with Crippen LogP contribution in [0.25, 0.3) is 0 Å². The van der Waals surface area contributed by atoms with Gasteiger partial charge in [0.2, 0.25) is 0 Å². The Morgan fingerprint density at radius 3 is 2.68 bits per heavy atom. The number of carbonyl (C=O) groups excluding carboxylic acids is 2. The van der Waals surface area contributed by atoms with E-state index in [1.807, 2.05) is 23.1 Å². The van der Waals surface area contributed by atoms with Gasteiger partial charge >= 0.3 is 0 Å². The van der Waals surface area contributed by atoms with Crippen LogP contribution in [0, 0.1) is 17.2 Å². The topological polar surface area (TPSA) is 58.6 Å². The Bertz CT molecular complexity index is 1360. The third kappa shape index (κ3) is 5.08. The second-order valence-corrected chi connectivity index (χ2v) is 10.8. The van der Waals surface area contributed by atoms with Crippen molar-refractivity contribution in [1.82, 2.24) is 0 Å². The molecular weight excluding hydrogens is 491 g/mol. The van der Waals surface area contributed by atoms with Crippen molar-refractivity contribution in [3.05, 3.63) is 88.2 Å². The molecule has 1 heterocycles. The Balaban J connectivity index is 1.41. The molecule has 2 atom stereocenters. The van der Waals surface area contributed by atoms with Gasteiger partial charge in [0.15, 0.2) is 0 Å². The lowest BCUT2D eigenvalue weighted by molar-refractivity contribution is 0.0982. The maximum absolute atomic E-state index is 13.8. The highest BCUT2D eigenvalue weighted by atomic mass is 35.5. The molecule has 1 saturated carbocycles. The van der Waals surface area contributed by atoms with E-state index in [0.717, 1.165) is 24.6 Å². The number of fused-ring (bicyclic) bond motifs is 1. The van der Waals surface area contributed by atoms with Crippen LogP contribution in [-0.2, 0) is 6.42 Å². The largest absolute Gasteiger partial charge is 0.495 e. The van der Waals surface area contributed by atoms with Gasteiger partial charge in [-0.3, -0.25) is 9.59 Å². The van der Waals surface area contributed by atoms with Gasteiger partial charge in [-0.25, -0.2) is 4.39 Å². The van der Waals surface area contributed by atoms with E-state index in [0.29, 0.717) is 29.5 Å². The number of anilines is 2. The normalized spacial score (nSPS) is 20.9. The second-order valence-electron chi connectivity index (χ2n) is 10.4. The zero-order chi connectivity index (χ0) is 26.2. The lowest BCUT2D eigenvalue weighted by atomic mass is 9.77. The van der Waals surface area contributed by atoms with Crippen LogP contribution in [0.15, 0.2) is 60.7 Å². The Hall–Kier alpha value is -3.38. The van der Waals surface area contributed by atoms with Crippen molar-refractivity contribution in [3.63, 3.8) is 0 Å². The number of ether oxygens (including phenoxy) is 1. The molecule has 1 aliphatic carbocycles. The average Bonchev–Trinajstić information content (AvgIpc) is 3.17. The second kappa shape index (κ2) is 10.2. The van der Waals surface area contributed by atoms with Gasteiger partial charge in [0.05, 0.1) is 23.4 Å². The molecule has 1 spiro atoms. The minimum atomic E-state index is -0.570. The fourth-order valence-electron chi connectivity index (χ4n) is 5.92. The Kier molecular flexibility index (Phi) is 6.95. The number of carbonyl (C=O) groups is 2. The lowest BCUT2D eigenvalue weighted by Gasteiger charge is -2.28. The highest BCUT2D eigenvalue weighted by Gasteiger charge is 2.41. The smallest absolute Gasteiger partial charge is 0.258 e. The summed E-state index contributed by atoms with van der Waals surface area (Å²) in [5, 5.41) is 2.85. The van der Waals surface area contributed by atoms with Gasteiger partial charge < -0.3 is 15.0 Å². The van der Waals surface area contributed by atoms with Crippen LogP contribution >= 0.6 is 11.6 Å². The number of hydrogen-bond acceptors (Lipinski definition) is 3. The van der Waals surface area contributed by atoms with E-state index >= 15 is 0 Å². The summed E-state index contributed by atoms with van der Waals surface area (Å²) in [5.74, 6) is -0.201. The number of nitrogens with zero attached hydrogens (tertiary/aromatic N) is 1. The van der Waals surface area contributed by atoms with E-state index in [1.54, 1.807) is 18.2 Å². The number of hydrogen-bond donors (Lipinski definition) is 1. The third-order valence-corrected chi connectivity index (χ3v) is 8.11. The molecule has 5 rings (SSSR count). The quantitative estimate of drug-likeness (QED) is 0.397. The van der Waals surface area contributed by atoms with Crippen molar-refractivity contribution < 1.29 is 18.7 Å². The summed E-state index contributed by atoms with van der Waals surface area (Å²) in [6, 6.07) is 16.7. The summed E-state index contributed by atoms with van der Waals surface area (Å²) < 4.78 is 19.2. The number of methoxy groups -OCH3 is 1. The number of para-hydroxylation sites is 1. The molecule has 0 saturated heterocycles. The molecule has 37 heavy (non-hydrogen) atoms. The van der Waals surface area contributed by atoms with E-state index in [-0.39, 0.29) is 21.9 Å². The van der Waals surface area contributed by atoms with E-state index in [1.165, 1.54) is 44.1 Å². The van der Waals surface area contributed by atoms with Crippen LogP contribution in [0.3, 0.4) is 0 Å². The summed E-state index contributed by atoms with van der Waals surface area (Å²) >= 11 is 6.08. The molecule has 0 bridgehead atoms. The summed E-state index contributed by atoms with van der Waals surface area (Å²) in [6.07, 6.45) is 5.59. The summed E-state index contributed by atoms with van der Waals surface area (Å²) in [4.78, 5) is 28.4. The number of nitrogens with one attached hydrogen (secondary N) is 1. The summed E-state index contributed by atoms with van der Waals surface area (Å²) in [6.45, 7) is 2.98. The molecule has 2 aliphatic rings. The van der Waals surface area contributed by atoms with Crippen molar-refractivity contribution in [2.75, 3.05) is 23.9 Å². The molecule has 2 amide bonds. The number of halogens is 2. The maximum atomic E-state index is 13.8. The van der Waals surface area contributed by atoms with Gasteiger partial charge in [-0.2, -0.15) is 0 Å². The minimum Gasteiger partial charge on any atom is -0.495 e. The van der Waals surface area contributed by atoms with E-state index in [2.05, 4.69) is 18.3 Å². The van der Waals surface area contributed by atoms with Crippen molar-refractivity contribution in [2.24, 2.45) is 11.3 Å². The highest BCUT2D eigenvalue weighted by Crippen LogP contribution is 2.49. The Morgan fingerprint density at radius 1 is 1.11 bits per heavy atom. The molecule has 1 unspecified atom stereocenters. The monoisotopic (exact) mass is 520 g/mol. The van der Waals surface area contributed by atoms with Crippen LogP contribution in [0.5, 0.6) is 5.75 Å². The van der Waals surface area contributed by atoms with Crippen LogP contribution in [-0.4, -0.2) is 25.5 Å². The average molecular weight is 521 g/mol. The molecular formula is C30H30ClFN2O3. The molecule has 0 aromatic heterocycles. The van der Waals surface area contributed by atoms with Gasteiger partial charge in [-0.05, 0) is 85.0 Å². The Labute approximate surface area is 221 Å². The first-order valence-corrected chi connectivity index (χ1v) is 13.0. The molecule has 1 aliphatic heterocycles. The van der Waals surface area contributed by atoms with Gasteiger partial charge in [0, 0.05) is 17.8 Å². The first-order chi connectivity index (χ1) is 17.8. The fraction of sp³-hybridized carbons (Fsp3) is 0.333. The highest BCUT2D eigenvalue weighted by molar-refractivity contribution is 6.34. The Morgan fingerprint density at radius 2 is 1.92 bits per heavy atom. The van der Waals surface area contributed by atoms with Crippen molar-refractivity contribution in [2.45, 2.75) is 39.0 Å². The minimum absolute atomic E-state index is 0.0141. The zero-order valence-electron chi connectivity index (χ0n) is 21.0. The summed E-state index contributed by atoms with van der Waals surface area (Å²) in [7, 11) is 1.47. The number of amides is 2. The van der Waals surface area contributed by atoms with Crippen LogP contribution in [0.1, 0.15) is 58.9 Å². The predicted octanol–water partition coefficient (Wildman–Crippen LogP) is 7.14. The molecule has 1 N–H and O–H groups in total. The molecule has 3 aromatic carbocycles. The van der Waals surface area contributed by atoms with Crippen LogP contribution in [0.2, 0.25) is 5.02 Å². The van der Waals surface area contributed by atoms with Crippen molar-refractivity contribution in [3.8, 4) is 5.75 Å². The van der Waals surface area contributed by atoms with Crippen molar-refractivity contribution >= 4 is 34.8 Å². The van der Waals surface area contributed by atoms with E-state index in [4.69, 9.17) is 16.3 Å². The third-order valence-electron chi connectivity index (χ3n) is 7.78. The van der Waals surface area contributed by atoms with E-state index in [9.17, 15) is 14.0 Å². The molecule has 3 aromatic rings. The van der Waals surface area contributed by atoms with Crippen LogP contribution in [0.4, 0.5) is 15.8 Å². The SMILES string of the molecule is COc1cc(C(=O)N2CC[C@@]3(CCC(C)C3)Cc3ccccc32)ccc1NC(=O)c1cc(F)ccc1Cl. The van der Waals surface area contributed by atoms with Gasteiger partial charge in [-0.15, -0.1) is 0 Å². The first-order valence-electron chi connectivity index (χ1n) is 12.6.